The van der Waals surface area contributed by atoms with Crippen molar-refractivity contribution in [3.63, 3.8) is 0 Å². The van der Waals surface area contributed by atoms with Gasteiger partial charge in [-0.25, -0.2) is 4.79 Å². The normalized spacial score (nSPS) is 16.2. The van der Waals surface area contributed by atoms with Gasteiger partial charge in [0, 0.05) is 12.8 Å². The van der Waals surface area contributed by atoms with Crippen LogP contribution in [0.4, 0.5) is 0 Å². The molecule has 0 aromatic heterocycles. The van der Waals surface area contributed by atoms with Gasteiger partial charge in [-0.3, -0.25) is 4.57 Å². The maximum absolute atomic E-state index is 10.8. The molecule has 0 aromatic rings. The van der Waals surface area contributed by atoms with E-state index in [0.29, 0.717) is 6.16 Å². The molecule has 0 spiro atoms. The second kappa shape index (κ2) is 2.81. The largest absolute Gasteiger partial charge is 0.298 e. The summed E-state index contributed by atoms with van der Waals surface area (Å²) in [6, 6.07) is 0. The standard InChI is InChI=1S/C4H8NO2P/c1-3-8(2,7)5-4-6/h3H2,1-2H3. The van der Waals surface area contributed by atoms with Gasteiger partial charge in [-0.1, -0.05) is 6.92 Å². The van der Waals surface area contributed by atoms with Gasteiger partial charge in [-0.15, -0.1) is 4.76 Å². The molecule has 0 N–H and O–H groups in total. The summed E-state index contributed by atoms with van der Waals surface area (Å²) in [5, 5.41) is 0. The summed E-state index contributed by atoms with van der Waals surface area (Å²) in [5.74, 6) is 0. The highest BCUT2D eigenvalue weighted by molar-refractivity contribution is 7.61. The molecule has 0 rings (SSSR count). The van der Waals surface area contributed by atoms with Crippen molar-refractivity contribution < 1.29 is 9.36 Å². The van der Waals surface area contributed by atoms with E-state index in [1.165, 1.54) is 12.7 Å². The van der Waals surface area contributed by atoms with Crippen molar-refractivity contribution in [1.29, 1.82) is 0 Å². The van der Waals surface area contributed by atoms with Crippen LogP contribution in [-0.2, 0) is 9.36 Å². The molecule has 0 aliphatic carbocycles. The van der Waals surface area contributed by atoms with Crippen LogP contribution in [-0.4, -0.2) is 18.9 Å². The number of rotatable bonds is 2. The fourth-order valence-electron chi connectivity index (χ4n) is 0.157. The zero-order valence-electron chi connectivity index (χ0n) is 4.92. The fraction of sp³-hybridized carbons (Fsp3) is 0.750. The Morgan fingerprint density at radius 3 is 2.38 bits per heavy atom. The van der Waals surface area contributed by atoms with Gasteiger partial charge in [0.25, 0.3) is 0 Å². The van der Waals surface area contributed by atoms with Crippen molar-refractivity contribution >= 4 is 13.4 Å². The molecule has 4 heteroatoms. The SMILES string of the molecule is CCP(C)(=O)N=C=O. The molecule has 1 unspecified atom stereocenters. The molecule has 0 fully saturated rings. The van der Waals surface area contributed by atoms with Crippen LogP contribution in [0.15, 0.2) is 4.76 Å². The predicted molar refractivity (Wildman–Crippen MR) is 32.2 cm³/mol. The van der Waals surface area contributed by atoms with Crippen LogP contribution in [0.1, 0.15) is 6.92 Å². The predicted octanol–water partition coefficient (Wildman–Crippen LogP) is 1.25. The van der Waals surface area contributed by atoms with E-state index in [0.717, 1.165) is 0 Å². The fourth-order valence-corrected chi connectivity index (χ4v) is 0.471. The first kappa shape index (κ1) is 7.61. The monoisotopic (exact) mass is 133 g/mol. The van der Waals surface area contributed by atoms with Gasteiger partial charge < -0.3 is 0 Å². The number of carbonyl (C=O) groups excluding carboxylic acids is 1. The Labute approximate surface area is 48.2 Å². The molecule has 0 saturated carbocycles. The highest BCUT2D eigenvalue weighted by Gasteiger charge is 2.06. The Balaban J connectivity index is 4.14. The zero-order chi connectivity index (χ0) is 6.62. The topological polar surface area (TPSA) is 46.5 Å². The first-order valence-electron chi connectivity index (χ1n) is 2.28. The maximum Gasteiger partial charge on any atom is 0.241 e. The van der Waals surface area contributed by atoms with Crippen molar-refractivity contribution in [2.24, 2.45) is 4.76 Å². The van der Waals surface area contributed by atoms with E-state index in [1.54, 1.807) is 6.92 Å². The Hall–Kier alpha value is -0.390. The van der Waals surface area contributed by atoms with Gasteiger partial charge in [0.2, 0.25) is 6.08 Å². The van der Waals surface area contributed by atoms with Gasteiger partial charge in [0.1, 0.15) is 0 Å². The molecule has 0 radical (unpaired) electrons. The van der Waals surface area contributed by atoms with E-state index in [9.17, 15) is 9.36 Å². The lowest BCUT2D eigenvalue weighted by Crippen LogP contribution is -1.75. The molecule has 3 nitrogen and oxygen atoms in total. The third-order valence-corrected chi connectivity index (χ3v) is 2.52. The summed E-state index contributed by atoms with van der Waals surface area (Å²) in [6.45, 7) is 3.18. The Bertz CT molecular complexity index is 159. The van der Waals surface area contributed by atoms with Crippen LogP contribution in [0.3, 0.4) is 0 Å². The highest BCUT2D eigenvalue weighted by Crippen LogP contribution is 2.40. The highest BCUT2D eigenvalue weighted by atomic mass is 31.2. The minimum absolute atomic E-state index is 0.433. The molecule has 1 atom stereocenters. The van der Waals surface area contributed by atoms with E-state index in [2.05, 4.69) is 4.76 Å². The summed E-state index contributed by atoms with van der Waals surface area (Å²) in [4.78, 5) is 9.52. The Kier molecular flexibility index (Phi) is 2.67. The molecule has 46 valence electrons. The molecule has 0 aliphatic rings. The maximum atomic E-state index is 10.8. The van der Waals surface area contributed by atoms with Gasteiger partial charge >= 0.3 is 0 Å². The van der Waals surface area contributed by atoms with Crippen LogP contribution in [0.5, 0.6) is 0 Å². The smallest absolute Gasteiger partial charge is 0.241 e. The molecule has 0 amide bonds. The lowest BCUT2D eigenvalue weighted by molar-refractivity contribution is 0.562. The third kappa shape index (κ3) is 2.73. The van der Waals surface area contributed by atoms with Crippen LogP contribution in [0.2, 0.25) is 0 Å². The molecular formula is C4H8NO2P. The lowest BCUT2D eigenvalue weighted by atomic mass is 11.0. The van der Waals surface area contributed by atoms with E-state index in [4.69, 9.17) is 0 Å². The van der Waals surface area contributed by atoms with E-state index in [-0.39, 0.29) is 0 Å². The van der Waals surface area contributed by atoms with Crippen molar-refractivity contribution in [2.75, 3.05) is 12.8 Å². The quantitative estimate of drug-likeness (QED) is 0.323. The van der Waals surface area contributed by atoms with E-state index >= 15 is 0 Å². The number of isocyanates is 1. The summed E-state index contributed by atoms with van der Waals surface area (Å²) in [5.41, 5.74) is 0. The summed E-state index contributed by atoms with van der Waals surface area (Å²) < 4.78 is 13.9. The van der Waals surface area contributed by atoms with Gasteiger partial charge in [0.05, 0.1) is 0 Å². The number of hydrogen-bond donors (Lipinski definition) is 0. The van der Waals surface area contributed by atoms with Crippen molar-refractivity contribution in [3.8, 4) is 0 Å². The average Bonchev–Trinajstić information content (AvgIpc) is 1.67. The Morgan fingerprint density at radius 1 is 1.75 bits per heavy atom. The molecule has 8 heavy (non-hydrogen) atoms. The van der Waals surface area contributed by atoms with Crippen LogP contribution >= 0.6 is 7.29 Å². The first-order valence-corrected chi connectivity index (χ1v) is 4.57. The first-order chi connectivity index (χ1) is 3.62. The van der Waals surface area contributed by atoms with Crippen LogP contribution in [0, 0.1) is 0 Å². The minimum Gasteiger partial charge on any atom is -0.298 e. The second-order valence-electron chi connectivity index (χ2n) is 1.56. The number of nitrogens with zero attached hydrogens (tertiary/aromatic N) is 1. The molecule has 0 bridgehead atoms. The van der Waals surface area contributed by atoms with Crippen LogP contribution in [0.25, 0.3) is 0 Å². The number of hydrogen-bond acceptors (Lipinski definition) is 2. The van der Waals surface area contributed by atoms with Crippen molar-refractivity contribution in [1.82, 2.24) is 0 Å². The van der Waals surface area contributed by atoms with E-state index in [1.807, 2.05) is 0 Å². The van der Waals surface area contributed by atoms with Gasteiger partial charge in [-0.05, 0) is 0 Å². The molecule has 0 saturated heterocycles. The average molecular weight is 133 g/mol. The zero-order valence-corrected chi connectivity index (χ0v) is 5.81. The van der Waals surface area contributed by atoms with Crippen molar-refractivity contribution in [3.05, 3.63) is 0 Å². The van der Waals surface area contributed by atoms with Gasteiger partial charge in [0.15, 0.2) is 7.29 Å². The minimum atomic E-state index is -2.47. The molecule has 0 aromatic carbocycles. The van der Waals surface area contributed by atoms with Crippen molar-refractivity contribution in [2.45, 2.75) is 6.92 Å². The summed E-state index contributed by atoms with van der Waals surface area (Å²) >= 11 is 0. The lowest BCUT2D eigenvalue weighted by Gasteiger charge is -1.95. The summed E-state index contributed by atoms with van der Waals surface area (Å²) in [7, 11) is -2.47. The molecule has 0 heterocycles. The third-order valence-electron chi connectivity index (χ3n) is 0.839. The van der Waals surface area contributed by atoms with Crippen LogP contribution < -0.4 is 0 Å². The van der Waals surface area contributed by atoms with Gasteiger partial charge in [-0.2, -0.15) is 0 Å². The molecular weight excluding hydrogens is 125 g/mol. The second-order valence-corrected chi connectivity index (χ2v) is 4.49. The van der Waals surface area contributed by atoms with E-state index < -0.39 is 7.29 Å². The Morgan fingerprint density at radius 2 is 2.25 bits per heavy atom. The molecule has 0 aliphatic heterocycles. The summed E-state index contributed by atoms with van der Waals surface area (Å²) in [6.07, 6.45) is 1.70.